The number of pyridine rings is 1. The van der Waals surface area contributed by atoms with E-state index < -0.39 is 0 Å². The lowest BCUT2D eigenvalue weighted by Gasteiger charge is -2.36. The minimum atomic E-state index is -0.224. The highest BCUT2D eigenvalue weighted by molar-refractivity contribution is 5.93. The van der Waals surface area contributed by atoms with Gasteiger partial charge in [0.25, 0.3) is 5.91 Å². The van der Waals surface area contributed by atoms with Crippen LogP contribution in [0.3, 0.4) is 0 Å². The van der Waals surface area contributed by atoms with Crippen molar-refractivity contribution in [2.24, 2.45) is 0 Å². The Morgan fingerprint density at radius 3 is 2.65 bits per heavy atom. The third-order valence-electron chi connectivity index (χ3n) is 4.76. The number of aromatic nitrogens is 1. The fourth-order valence-electron chi connectivity index (χ4n) is 3.04. The lowest BCUT2D eigenvalue weighted by Crippen LogP contribution is -2.49. The number of carbonyl (C=O) groups excluding carboxylic acids is 1. The summed E-state index contributed by atoms with van der Waals surface area (Å²) in [7, 11) is 0. The Kier molecular flexibility index (Phi) is 5.71. The van der Waals surface area contributed by atoms with E-state index in [1.165, 1.54) is 6.07 Å². The second-order valence-electron chi connectivity index (χ2n) is 6.61. The monoisotopic (exact) mass is 356 g/mol. The molecule has 26 heavy (non-hydrogen) atoms. The maximum Gasteiger partial charge on any atom is 0.272 e. The first-order valence-electron chi connectivity index (χ1n) is 9.10. The first-order valence-corrected chi connectivity index (χ1v) is 9.10. The van der Waals surface area contributed by atoms with Crippen LogP contribution < -0.4 is 10.2 Å². The fourth-order valence-corrected chi connectivity index (χ4v) is 3.04. The van der Waals surface area contributed by atoms with E-state index in [4.69, 9.17) is 0 Å². The van der Waals surface area contributed by atoms with Crippen LogP contribution in [0, 0.1) is 5.82 Å². The molecule has 2 heterocycles. The molecule has 0 radical (unpaired) electrons. The molecule has 0 saturated carbocycles. The summed E-state index contributed by atoms with van der Waals surface area (Å²) in [6, 6.07) is 10.8. The lowest BCUT2D eigenvalue weighted by molar-refractivity contribution is 0.0741. The highest BCUT2D eigenvalue weighted by atomic mass is 19.1. The van der Waals surface area contributed by atoms with Gasteiger partial charge in [-0.15, -0.1) is 0 Å². The van der Waals surface area contributed by atoms with E-state index >= 15 is 0 Å². The predicted molar refractivity (Wildman–Crippen MR) is 102 cm³/mol. The number of rotatable bonds is 5. The van der Waals surface area contributed by atoms with Crippen LogP contribution in [0.15, 0.2) is 42.6 Å². The Hall–Kier alpha value is -2.63. The zero-order valence-corrected chi connectivity index (χ0v) is 15.3. The molecule has 1 atom stereocenters. The number of amides is 1. The van der Waals surface area contributed by atoms with Gasteiger partial charge in [-0.2, -0.15) is 0 Å². The quantitative estimate of drug-likeness (QED) is 0.892. The topological polar surface area (TPSA) is 48.5 Å². The summed E-state index contributed by atoms with van der Waals surface area (Å²) in [4.78, 5) is 20.8. The molecule has 1 aliphatic heterocycles. The zero-order valence-electron chi connectivity index (χ0n) is 15.3. The largest absolute Gasteiger partial charge is 0.382 e. The Labute approximate surface area is 153 Å². The van der Waals surface area contributed by atoms with E-state index in [0.29, 0.717) is 43.6 Å². The lowest BCUT2D eigenvalue weighted by atomic mass is 10.2. The van der Waals surface area contributed by atoms with Crippen LogP contribution >= 0.6 is 0 Å². The second-order valence-corrected chi connectivity index (χ2v) is 6.61. The Morgan fingerprint density at radius 1 is 1.23 bits per heavy atom. The first kappa shape index (κ1) is 18.2. The third kappa shape index (κ3) is 4.12. The van der Waals surface area contributed by atoms with Crippen LogP contribution in [0.2, 0.25) is 0 Å². The van der Waals surface area contributed by atoms with Crippen molar-refractivity contribution in [2.75, 3.05) is 36.4 Å². The minimum absolute atomic E-state index is 0.0778. The summed E-state index contributed by atoms with van der Waals surface area (Å²) in [5.41, 5.74) is 1.94. The SMILES string of the molecule is CCC(C)Nc1ccnc(C(=O)N2CCN(c3ccccc3F)CC2)c1. The Morgan fingerprint density at radius 2 is 1.96 bits per heavy atom. The zero-order chi connectivity index (χ0) is 18.5. The summed E-state index contributed by atoms with van der Waals surface area (Å²) >= 11 is 0. The van der Waals surface area contributed by atoms with Gasteiger partial charge in [0.1, 0.15) is 11.5 Å². The molecule has 0 aliphatic carbocycles. The highest BCUT2D eigenvalue weighted by Crippen LogP contribution is 2.21. The number of carbonyl (C=O) groups is 1. The van der Waals surface area contributed by atoms with Crippen LogP contribution in [-0.4, -0.2) is 48.0 Å². The molecular formula is C20H25FN4O. The average molecular weight is 356 g/mol. The van der Waals surface area contributed by atoms with Gasteiger partial charge in [-0.25, -0.2) is 4.39 Å². The highest BCUT2D eigenvalue weighted by Gasteiger charge is 2.24. The number of hydrogen-bond acceptors (Lipinski definition) is 4. The third-order valence-corrected chi connectivity index (χ3v) is 4.76. The molecule has 3 rings (SSSR count). The van der Waals surface area contributed by atoms with Gasteiger partial charge in [-0.3, -0.25) is 9.78 Å². The molecule has 1 aliphatic rings. The van der Waals surface area contributed by atoms with Crippen molar-refractivity contribution in [1.82, 2.24) is 9.88 Å². The first-order chi connectivity index (χ1) is 12.6. The van der Waals surface area contributed by atoms with Gasteiger partial charge >= 0.3 is 0 Å². The van der Waals surface area contributed by atoms with Crippen molar-refractivity contribution in [2.45, 2.75) is 26.3 Å². The summed E-state index contributed by atoms with van der Waals surface area (Å²) < 4.78 is 13.9. The number of benzene rings is 1. The molecule has 1 saturated heterocycles. The Bertz CT molecular complexity index is 759. The van der Waals surface area contributed by atoms with E-state index in [1.807, 2.05) is 17.0 Å². The van der Waals surface area contributed by atoms with Crippen molar-refractivity contribution in [3.8, 4) is 0 Å². The van der Waals surface area contributed by atoms with Crippen LogP contribution in [0.25, 0.3) is 0 Å². The molecule has 1 aromatic heterocycles. The van der Waals surface area contributed by atoms with Crippen molar-refractivity contribution in [1.29, 1.82) is 0 Å². The molecule has 6 heteroatoms. The Balaban J connectivity index is 1.63. The van der Waals surface area contributed by atoms with Crippen LogP contribution in [0.5, 0.6) is 0 Å². The molecule has 2 aromatic rings. The van der Waals surface area contributed by atoms with Gasteiger partial charge in [0, 0.05) is 44.1 Å². The van der Waals surface area contributed by atoms with Crippen molar-refractivity contribution < 1.29 is 9.18 Å². The van der Waals surface area contributed by atoms with E-state index in [-0.39, 0.29) is 11.7 Å². The van der Waals surface area contributed by atoms with Crippen molar-refractivity contribution in [3.63, 3.8) is 0 Å². The minimum Gasteiger partial charge on any atom is -0.382 e. The van der Waals surface area contributed by atoms with Crippen molar-refractivity contribution >= 4 is 17.3 Å². The number of para-hydroxylation sites is 1. The molecule has 0 bridgehead atoms. The summed E-state index contributed by atoms with van der Waals surface area (Å²) in [6.07, 6.45) is 2.66. The van der Waals surface area contributed by atoms with Gasteiger partial charge in [-0.1, -0.05) is 19.1 Å². The molecule has 1 N–H and O–H groups in total. The molecule has 1 amide bonds. The maximum absolute atomic E-state index is 13.9. The van der Waals surface area contributed by atoms with Crippen LogP contribution in [0.1, 0.15) is 30.8 Å². The second kappa shape index (κ2) is 8.17. The summed E-state index contributed by atoms with van der Waals surface area (Å²) in [5.74, 6) is -0.302. The van der Waals surface area contributed by atoms with Crippen molar-refractivity contribution in [3.05, 3.63) is 54.1 Å². The molecule has 5 nitrogen and oxygen atoms in total. The van der Waals surface area contributed by atoms with E-state index in [9.17, 15) is 9.18 Å². The van der Waals surface area contributed by atoms with E-state index in [2.05, 4.69) is 24.1 Å². The van der Waals surface area contributed by atoms with Gasteiger partial charge in [-0.05, 0) is 37.6 Å². The van der Waals surface area contributed by atoms with E-state index in [0.717, 1.165) is 12.1 Å². The predicted octanol–water partition coefficient (Wildman–Crippen LogP) is 3.39. The number of halogens is 1. The number of nitrogens with one attached hydrogen (secondary N) is 1. The molecule has 1 unspecified atom stereocenters. The summed E-state index contributed by atoms with van der Waals surface area (Å²) in [6.45, 7) is 6.54. The standard InChI is InChI=1S/C20H25FN4O/c1-3-15(2)23-16-8-9-22-18(14-16)20(26)25-12-10-24(11-13-25)19-7-5-4-6-17(19)21/h4-9,14-15H,3,10-13H2,1-2H3,(H,22,23). The van der Waals surface area contributed by atoms with Crippen LogP contribution in [-0.2, 0) is 0 Å². The number of piperazine rings is 1. The molecular weight excluding hydrogens is 331 g/mol. The smallest absolute Gasteiger partial charge is 0.272 e. The van der Waals surface area contributed by atoms with Gasteiger partial charge in [0.15, 0.2) is 0 Å². The normalized spacial score (nSPS) is 15.7. The van der Waals surface area contributed by atoms with E-state index in [1.54, 1.807) is 29.3 Å². The van der Waals surface area contributed by atoms with Crippen LogP contribution in [0.4, 0.5) is 15.8 Å². The fraction of sp³-hybridized carbons (Fsp3) is 0.400. The number of anilines is 2. The average Bonchev–Trinajstić information content (AvgIpc) is 2.68. The maximum atomic E-state index is 13.9. The number of nitrogens with zero attached hydrogens (tertiary/aromatic N) is 3. The molecule has 0 spiro atoms. The number of hydrogen-bond donors (Lipinski definition) is 1. The van der Waals surface area contributed by atoms with Gasteiger partial charge < -0.3 is 15.1 Å². The summed E-state index contributed by atoms with van der Waals surface area (Å²) in [5, 5.41) is 3.36. The van der Waals surface area contributed by atoms with Gasteiger partial charge in [0.05, 0.1) is 5.69 Å². The molecule has 1 aromatic carbocycles. The molecule has 138 valence electrons. The van der Waals surface area contributed by atoms with Gasteiger partial charge in [0.2, 0.25) is 0 Å². The molecule has 1 fully saturated rings.